The zero-order valence-corrected chi connectivity index (χ0v) is 15.5. The van der Waals surface area contributed by atoms with Crippen LogP contribution in [-0.2, 0) is 0 Å². The number of fused-ring (bicyclic) bond motifs is 1. The number of carbonyl (C=O) groups is 2. The van der Waals surface area contributed by atoms with E-state index < -0.39 is 5.97 Å². The highest BCUT2D eigenvalue weighted by Crippen LogP contribution is 2.30. The van der Waals surface area contributed by atoms with Crippen LogP contribution >= 0.6 is 11.3 Å². The fourth-order valence-electron chi connectivity index (χ4n) is 2.85. The summed E-state index contributed by atoms with van der Waals surface area (Å²) in [5, 5.41) is 9.71. The summed E-state index contributed by atoms with van der Waals surface area (Å²) in [5.74, 6) is -1.11. The van der Waals surface area contributed by atoms with Gasteiger partial charge in [-0.05, 0) is 35.9 Å². The molecule has 0 unspecified atom stereocenters. The minimum absolute atomic E-state index is 0.123. The number of thiazole rings is 1. The Labute approximate surface area is 165 Å². The lowest BCUT2D eigenvalue weighted by molar-refractivity contribution is 0.0696. The Hall–Kier alpha value is -3.57. The Balaban J connectivity index is 1.83. The van der Waals surface area contributed by atoms with Gasteiger partial charge in [0.2, 0.25) is 0 Å². The van der Waals surface area contributed by atoms with Crippen molar-refractivity contribution in [3.8, 4) is 0 Å². The number of rotatable bonds is 5. The van der Waals surface area contributed by atoms with E-state index in [1.165, 1.54) is 23.5 Å². The Morgan fingerprint density at radius 1 is 0.821 bits per heavy atom. The zero-order valence-electron chi connectivity index (χ0n) is 14.7. The summed E-state index contributed by atoms with van der Waals surface area (Å²) in [6, 6.07) is 23.2. The standard InChI is InChI=1S/C23H15NO3S/c25-21(16-6-2-1-3-7-16)18(14-15-10-12-17(13-11-15)23(26)27)22-24-19-8-4-5-9-20(19)28-22/h1-14H,(H,26,27)/b18-14-. The summed E-state index contributed by atoms with van der Waals surface area (Å²) in [4.78, 5) is 28.9. The van der Waals surface area contributed by atoms with Gasteiger partial charge in [0.05, 0.1) is 21.4 Å². The second kappa shape index (κ2) is 7.58. The molecule has 0 bridgehead atoms. The monoisotopic (exact) mass is 385 g/mol. The molecule has 4 nitrogen and oxygen atoms in total. The maximum Gasteiger partial charge on any atom is 0.335 e. The first-order chi connectivity index (χ1) is 13.6. The van der Waals surface area contributed by atoms with Crippen LogP contribution in [0.1, 0.15) is 31.3 Å². The molecule has 0 aliphatic heterocycles. The summed E-state index contributed by atoms with van der Waals surface area (Å²) in [6.07, 6.45) is 1.76. The molecule has 0 amide bonds. The highest BCUT2D eigenvalue weighted by Gasteiger charge is 2.18. The molecule has 136 valence electrons. The van der Waals surface area contributed by atoms with Crippen molar-refractivity contribution in [3.63, 3.8) is 0 Å². The van der Waals surface area contributed by atoms with Crippen LogP contribution in [0.25, 0.3) is 21.9 Å². The molecule has 4 aromatic rings. The molecular weight excluding hydrogens is 370 g/mol. The SMILES string of the molecule is O=C(O)c1ccc(/C=C(/C(=O)c2ccccc2)c2nc3ccccc3s2)cc1. The van der Waals surface area contributed by atoms with Crippen molar-refractivity contribution in [3.05, 3.63) is 101 Å². The van der Waals surface area contributed by atoms with Gasteiger partial charge in [-0.2, -0.15) is 0 Å². The van der Waals surface area contributed by atoms with Gasteiger partial charge >= 0.3 is 5.97 Å². The second-order valence-electron chi connectivity index (χ2n) is 6.17. The van der Waals surface area contributed by atoms with E-state index in [9.17, 15) is 9.59 Å². The molecule has 4 rings (SSSR count). The fourth-order valence-corrected chi connectivity index (χ4v) is 3.82. The summed E-state index contributed by atoms with van der Waals surface area (Å²) in [7, 11) is 0. The maximum atomic E-state index is 13.2. The van der Waals surface area contributed by atoms with Crippen LogP contribution in [0.5, 0.6) is 0 Å². The summed E-state index contributed by atoms with van der Waals surface area (Å²) in [5.41, 5.74) is 2.85. The number of para-hydroxylation sites is 1. The van der Waals surface area contributed by atoms with Crippen molar-refractivity contribution in [1.82, 2.24) is 4.98 Å². The van der Waals surface area contributed by atoms with Crippen LogP contribution in [-0.4, -0.2) is 21.8 Å². The van der Waals surface area contributed by atoms with Crippen molar-refractivity contribution < 1.29 is 14.7 Å². The Bertz CT molecular complexity index is 1160. The molecule has 28 heavy (non-hydrogen) atoms. The van der Waals surface area contributed by atoms with E-state index in [1.807, 2.05) is 42.5 Å². The molecule has 1 heterocycles. The molecule has 3 aromatic carbocycles. The minimum atomic E-state index is -0.984. The second-order valence-corrected chi connectivity index (χ2v) is 7.20. The smallest absolute Gasteiger partial charge is 0.335 e. The van der Waals surface area contributed by atoms with Crippen molar-refractivity contribution in [2.45, 2.75) is 0 Å². The molecule has 5 heteroatoms. The number of nitrogens with zero attached hydrogens (tertiary/aromatic N) is 1. The maximum absolute atomic E-state index is 13.2. The van der Waals surface area contributed by atoms with Gasteiger partial charge in [0.15, 0.2) is 5.78 Å². The van der Waals surface area contributed by atoms with Crippen LogP contribution in [0, 0.1) is 0 Å². The number of aromatic carboxylic acids is 1. The Morgan fingerprint density at radius 2 is 1.50 bits per heavy atom. The van der Waals surface area contributed by atoms with Crippen LogP contribution in [0.4, 0.5) is 0 Å². The lowest BCUT2D eigenvalue weighted by atomic mass is 10.0. The van der Waals surface area contributed by atoms with Crippen LogP contribution in [0.2, 0.25) is 0 Å². The Kier molecular flexibility index (Phi) is 4.83. The van der Waals surface area contributed by atoms with Gasteiger partial charge in [0.25, 0.3) is 0 Å². The molecule has 1 N–H and O–H groups in total. The first kappa shape index (κ1) is 17.8. The number of carboxylic acid groups (broad SMARTS) is 1. The van der Waals surface area contributed by atoms with Gasteiger partial charge in [-0.25, -0.2) is 9.78 Å². The summed E-state index contributed by atoms with van der Waals surface area (Å²) in [6.45, 7) is 0. The van der Waals surface area contributed by atoms with E-state index in [0.717, 1.165) is 15.8 Å². The predicted molar refractivity (Wildman–Crippen MR) is 112 cm³/mol. The molecule has 0 saturated carbocycles. The third-order valence-electron chi connectivity index (χ3n) is 4.27. The average molecular weight is 385 g/mol. The molecule has 0 saturated heterocycles. The average Bonchev–Trinajstić information content (AvgIpc) is 3.16. The Morgan fingerprint density at radius 3 is 2.18 bits per heavy atom. The molecule has 0 aliphatic carbocycles. The first-order valence-corrected chi connectivity index (χ1v) is 9.44. The van der Waals surface area contributed by atoms with Crippen molar-refractivity contribution >= 4 is 45.0 Å². The highest BCUT2D eigenvalue weighted by molar-refractivity contribution is 7.20. The number of carboxylic acids is 1. The van der Waals surface area contributed by atoms with Gasteiger partial charge in [-0.3, -0.25) is 4.79 Å². The third kappa shape index (κ3) is 3.61. The number of benzene rings is 3. The number of Topliss-reactive ketones (excluding diaryl/α,β-unsaturated/α-hetero) is 1. The lowest BCUT2D eigenvalue weighted by Gasteiger charge is -2.05. The highest BCUT2D eigenvalue weighted by atomic mass is 32.1. The summed E-state index contributed by atoms with van der Waals surface area (Å²) < 4.78 is 1.01. The van der Waals surface area contributed by atoms with Gasteiger partial charge in [0, 0.05) is 5.56 Å². The lowest BCUT2D eigenvalue weighted by Crippen LogP contribution is -2.02. The number of hydrogen-bond acceptors (Lipinski definition) is 4. The van der Waals surface area contributed by atoms with Crippen molar-refractivity contribution in [2.75, 3.05) is 0 Å². The number of carbonyl (C=O) groups excluding carboxylic acids is 1. The molecule has 0 spiro atoms. The molecule has 0 atom stereocenters. The van der Waals surface area contributed by atoms with Gasteiger partial charge in [-0.15, -0.1) is 11.3 Å². The van der Waals surface area contributed by atoms with E-state index in [0.29, 0.717) is 16.1 Å². The van der Waals surface area contributed by atoms with Crippen molar-refractivity contribution in [2.24, 2.45) is 0 Å². The molecular formula is C23H15NO3S. The minimum Gasteiger partial charge on any atom is -0.478 e. The number of hydrogen-bond donors (Lipinski definition) is 1. The molecule has 0 radical (unpaired) electrons. The topological polar surface area (TPSA) is 67.3 Å². The van der Waals surface area contributed by atoms with Gasteiger partial charge in [0.1, 0.15) is 5.01 Å². The fraction of sp³-hybridized carbons (Fsp3) is 0. The molecule has 1 aromatic heterocycles. The largest absolute Gasteiger partial charge is 0.478 e. The molecule has 0 fully saturated rings. The number of aromatic nitrogens is 1. The first-order valence-electron chi connectivity index (χ1n) is 8.62. The van der Waals surface area contributed by atoms with Gasteiger partial charge in [-0.1, -0.05) is 54.6 Å². The van der Waals surface area contributed by atoms with E-state index in [4.69, 9.17) is 5.11 Å². The van der Waals surface area contributed by atoms with Crippen LogP contribution in [0.15, 0.2) is 78.9 Å². The number of allylic oxidation sites excluding steroid dienone is 1. The third-order valence-corrected chi connectivity index (χ3v) is 5.34. The quantitative estimate of drug-likeness (QED) is 0.368. The van der Waals surface area contributed by atoms with E-state index in [2.05, 4.69) is 4.98 Å². The van der Waals surface area contributed by atoms with E-state index >= 15 is 0 Å². The van der Waals surface area contributed by atoms with E-state index in [1.54, 1.807) is 30.3 Å². The number of ketones is 1. The van der Waals surface area contributed by atoms with Gasteiger partial charge < -0.3 is 5.11 Å². The zero-order chi connectivity index (χ0) is 19.5. The normalized spacial score (nSPS) is 11.5. The summed E-state index contributed by atoms with van der Waals surface area (Å²) >= 11 is 1.46. The predicted octanol–water partition coefficient (Wildman–Crippen LogP) is 5.42. The van der Waals surface area contributed by atoms with Crippen LogP contribution < -0.4 is 0 Å². The molecule has 0 aliphatic rings. The van der Waals surface area contributed by atoms with E-state index in [-0.39, 0.29) is 11.3 Å². The van der Waals surface area contributed by atoms with Crippen molar-refractivity contribution in [1.29, 1.82) is 0 Å². The van der Waals surface area contributed by atoms with Crippen LogP contribution in [0.3, 0.4) is 0 Å².